The lowest BCUT2D eigenvalue weighted by atomic mass is 10.1. The molecule has 162 valence electrons. The fourth-order valence-electron chi connectivity index (χ4n) is 3.39. The number of hydrogen-bond acceptors (Lipinski definition) is 6. The lowest BCUT2D eigenvalue weighted by Gasteiger charge is -2.16. The van der Waals surface area contributed by atoms with Gasteiger partial charge < -0.3 is 10.1 Å². The maximum Gasteiger partial charge on any atom is 0.348 e. The van der Waals surface area contributed by atoms with E-state index in [2.05, 4.69) is 10.0 Å². The maximum absolute atomic E-state index is 12.8. The first-order valence-corrected chi connectivity index (χ1v) is 12.4. The molecule has 30 heavy (non-hydrogen) atoms. The van der Waals surface area contributed by atoms with Gasteiger partial charge in [-0.3, -0.25) is 4.79 Å². The topological polar surface area (TPSA) is 102 Å². The Bertz CT molecular complexity index is 992. The van der Waals surface area contributed by atoms with Crippen molar-refractivity contribution in [3.05, 3.63) is 46.8 Å². The summed E-state index contributed by atoms with van der Waals surface area (Å²) in [6, 6.07) is 9.09. The van der Waals surface area contributed by atoms with Crippen molar-refractivity contribution in [2.24, 2.45) is 0 Å². The first-order valence-electron chi connectivity index (χ1n) is 10.1. The van der Waals surface area contributed by atoms with Crippen LogP contribution in [0.4, 0.5) is 5.00 Å². The summed E-state index contributed by atoms with van der Waals surface area (Å²) in [5.41, 5.74) is 0.227. The van der Waals surface area contributed by atoms with Crippen molar-refractivity contribution >= 4 is 38.2 Å². The third-order valence-electron chi connectivity index (χ3n) is 4.90. The number of nitrogens with one attached hydrogen (secondary N) is 2. The Morgan fingerprint density at radius 2 is 1.83 bits per heavy atom. The number of amides is 1. The molecule has 7 nitrogen and oxygen atoms in total. The van der Waals surface area contributed by atoms with E-state index in [4.69, 9.17) is 4.74 Å². The molecule has 0 spiro atoms. The Labute approximate surface area is 180 Å². The molecule has 0 atom stereocenters. The van der Waals surface area contributed by atoms with Gasteiger partial charge in [-0.25, -0.2) is 17.9 Å². The van der Waals surface area contributed by atoms with E-state index in [9.17, 15) is 18.0 Å². The van der Waals surface area contributed by atoms with Crippen LogP contribution in [0.1, 0.15) is 65.5 Å². The molecule has 1 fully saturated rings. The zero-order chi connectivity index (χ0) is 21.6. The number of carbonyl (C=O) groups excluding carboxylic acids is 2. The maximum atomic E-state index is 12.8. The van der Waals surface area contributed by atoms with Crippen LogP contribution in [0.25, 0.3) is 0 Å². The van der Waals surface area contributed by atoms with Crippen LogP contribution >= 0.6 is 11.3 Å². The molecule has 1 aromatic heterocycles. The van der Waals surface area contributed by atoms with Gasteiger partial charge in [0, 0.05) is 11.6 Å². The van der Waals surface area contributed by atoms with E-state index in [1.807, 2.05) is 0 Å². The van der Waals surface area contributed by atoms with Gasteiger partial charge >= 0.3 is 5.97 Å². The van der Waals surface area contributed by atoms with Gasteiger partial charge in [-0.05, 0) is 50.1 Å². The number of rotatable bonds is 7. The van der Waals surface area contributed by atoms with Gasteiger partial charge in [-0.1, -0.05) is 31.7 Å². The lowest BCUT2D eigenvalue weighted by Crippen LogP contribution is -2.34. The summed E-state index contributed by atoms with van der Waals surface area (Å²) in [6.45, 7) is 1.99. The summed E-state index contributed by atoms with van der Waals surface area (Å²) in [4.78, 5) is 24.8. The van der Waals surface area contributed by atoms with Crippen molar-refractivity contribution in [3.8, 4) is 0 Å². The van der Waals surface area contributed by atoms with Crippen molar-refractivity contribution < 1.29 is 22.7 Å². The van der Waals surface area contributed by atoms with Crippen LogP contribution < -0.4 is 10.0 Å². The number of benzene rings is 1. The highest BCUT2D eigenvalue weighted by atomic mass is 32.2. The van der Waals surface area contributed by atoms with E-state index in [1.54, 1.807) is 31.2 Å². The van der Waals surface area contributed by atoms with E-state index in [0.717, 1.165) is 49.9 Å². The molecule has 1 aromatic carbocycles. The minimum atomic E-state index is -3.71. The number of esters is 1. The molecule has 0 bridgehead atoms. The van der Waals surface area contributed by atoms with Gasteiger partial charge in [0.25, 0.3) is 5.91 Å². The predicted octanol–water partition coefficient (Wildman–Crippen LogP) is 4.18. The van der Waals surface area contributed by atoms with Gasteiger partial charge in [0.15, 0.2) is 0 Å². The van der Waals surface area contributed by atoms with Crippen molar-refractivity contribution in [2.45, 2.75) is 56.4 Å². The third-order valence-corrected chi connectivity index (χ3v) is 7.40. The van der Waals surface area contributed by atoms with Crippen LogP contribution in [0.5, 0.6) is 0 Å². The molecule has 0 unspecified atom stereocenters. The Kier molecular flexibility index (Phi) is 7.63. The molecular weight excluding hydrogens is 424 g/mol. The molecule has 2 N–H and O–H groups in total. The zero-order valence-electron chi connectivity index (χ0n) is 16.8. The van der Waals surface area contributed by atoms with E-state index >= 15 is 0 Å². The number of ether oxygens (including phenoxy) is 1. The molecule has 1 aliphatic rings. The quantitative estimate of drug-likeness (QED) is 0.487. The van der Waals surface area contributed by atoms with Crippen LogP contribution in [0, 0.1) is 0 Å². The van der Waals surface area contributed by atoms with E-state index in [-0.39, 0.29) is 23.1 Å². The number of hydrogen-bond donors (Lipinski definition) is 2. The minimum absolute atomic E-state index is 0.0672. The van der Waals surface area contributed by atoms with Gasteiger partial charge in [-0.2, -0.15) is 0 Å². The number of carbonyl (C=O) groups is 2. The standard InChI is InChI=1S/C21H26N2O5S2/c1-2-28-21(25)18-12-13-19(29-18)22-20(24)15-8-7-11-17(14-15)30(26,27)23-16-9-5-3-4-6-10-16/h7-8,11-14,16,23H,2-6,9-10H2,1H3,(H,22,24). The summed E-state index contributed by atoms with van der Waals surface area (Å²) in [6.07, 6.45) is 5.97. The molecule has 1 aliphatic carbocycles. The molecule has 2 aromatic rings. The molecule has 1 heterocycles. The Balaban J connectivity index is 1.69. The first kappa shape index (κ1) is 22.5. The average Bonchev–Trinajstić information content (AvgIpc) is 3.04. The molecule has 0 aliphatic heterocycles. The highest BCUT2D eigenvalue weighted by molar-refractivity contribution is 7.89. The van der Waals surface area contributed by atoms with Gasteiger partial charge in [0.1, 0.15) is 4.88 Å². The van der Waals surface area contributed by atoms with E-state index in [0.29, 0.717) is 9.88 Å². The second kappa shape index (κ2) is 10.2. The van der Waals surface area contributed by atoms with Crippen LogP contribution in [-0.2, 0) is 14.8 Å². The van der Waals surface area contributed by atoms with Gasteiger partial charge in [0.05, 0.1) is 16.5 Å². The van der Waals surface area contributed by atoms with Crippen LogP contribution in [0.3, 0.4) is 0 Å². The Hall–Kier alpha value is -2.23. The number of sulfonamides is 1. The van der Waals surface area contributed by atoms with Crippen LogP contribution in [-0.4, -0.2) is 32.9 Å². The van der Waals surface area contributed by atoms with Gasteiger partial charge in [0.2, 0.25) is 10.0 Å². The predicted molar refractivity (Wildman–Crippen MR) is 116 cm³/mol. The lowest BCUT2D eigenvalue weighted by molar-refractivity contribution is 0.0532. The molecular formula is C21H26N2O5S2. The third kappa shape index (κ3) is 5.90. The fourth-order valence-corrected chi connectivity index (χ4v) is 5.54. The van der Waals surface area contributed by atoms with Crippen molar-refractivity contribution in [2.75, 3.05) is 11.9 Å². The first-order chi connectivity index (χ1) is 14.4. The summed E-state index contributed by atoms with van der Waals surface area (Å²) in [5.74, 6) is -0.889. The largest absolute Gasteiger partial charge is 0.462 e. The number of thiophene rings is 1. The normalized spacial score (nSPS) is 15.4. The molecule has 0 radical (unpaired) electrons. The zero-order valence-corrected chi connectivity index (χ0v) is 18.5. The number of anilines is 1. The smallest absolute Gasteiger partial charge is 0.348 e. The highest BCUT2D eigenvalue weighted by Gasteiger charge is 2.22. The average molecular weight is 451 g/mol. The summed E-state index contributed by atoms with van der Waals surface area (Å²) < 4.78 is 33.3. The molecule has 9 heteroatoms. The van der Waals surface area contributed by atoms with Crippen LogP contribution in [0.15, 0.2) is 41.3 Å². The summed E-state index contributed by atoms with van der Waals surface area (Å²) in [5, 5.41) is 3.18. The Morgan fingerprint density at radius 1 is 1.10 bits per heavy atom. The molecule has 0 saturated heterocycles. The minimum Gasteiger partial charge on any atom is -0.462 e. The molecule has 1 amide bonds. The summed E-state index contributed by atoms with van der Waals surface area (Å²) >= 11 is 1.10. The SMILES string of the molecule is CCOC(=O)c1ccc(NC(=O)c2cccc(S(=O)(=O)NC3CCCCCC3)c2)s1. The van der Waals surface area contributed by atoms with Crippen molar-refractivity contribution in [1.29, 1.82) is 0 Å². The highest BCUT2D eigenvalue weighted by Crippen LogP contribution is 2.24. The fraction of sp³-hybridized carbons (Fsp3) is 0.429. The monoisotopic (exact) mass is 450 g/mol. The molecule has 1 saturated carbocycles. The second-order valence-corrected chi connectivity index (χ2v) is 9.97. The van der Waals surface area contributed by atoms with Crippen molar-refractivity contribution in [3.63, 3.8) is 0 Å². The Morgan fingerprint density at radius 3 is 2.53 bits per heavy atom. The van der Waals surface area contributed by atoms with Gasteiger partial charge in [-0.15, -0.1) is 11.3 Å². The van der Waals surface area contributed by atoms with E-state index < -0.39 is 21.9 Å². The van der Waals surface area contributed by atoms with Crippen LogP contribution in [0.2, 0.25) is 0 Å². The van der Waals surface area contributed by atoms with Crippen molar-refractivity contribution in [1.82, 2.24) is 4.72 Å². The van der Waals surface area contributed by atoms with E-state index in [1.165, 1.54) is 12.1 Å². The second-order valence-electron chi connectivity index (χ2n) is 7.18. The molecule has 3 rings (SSSR count). The summed E-state index contributed by atoms with van der Waals surface area (Å²) in [7, 11) is -3.71.